The van der Waals surface area contributed by atoms with Gasteiger partial charge in [0.1, 0.15) is 5.52 Å². The van der Waals surface area contributed by atoms with Gasteiger partial charge in [0.25, 0.3) is 0 Å². The van der Waals surface area contributed by atoms with E-state index in [1.165, 1.54) is 6.20 Å². The van der Waals surface area contributed by atoms with Crippen LogP contribution in [0.2, 0.25) is 10.0 Å². The van der Waals surface area contributed by atoms with Gasteiger partial charge in [0.15, 0.2) is 11.9 Å². The molecule has 0 aliphatic rings. The van der Waals surface area contributed by atoms with Crippen LogP contribution in [0, 0.1) is 0 Å². The Hall–Kier alpha value is -2.30. The van der Waals surface area contributed by atoms with Crippen LogP contribution in [0.25, 0.3) is 16.7 Å². The van der Waals surface area contributed by atoms with E-state index in [1.54, 1.807) is 42.5 Å². The van der Waals surface area contributed by atoms with Gasteiger partial charge in [-0.3, -0.25) is 4.79 Å². The molecule has 0 aliphatic carbocycles. The lowest BCUT2D eigenvalue weighted by Crippen LogP contribution is -1.93. The maximum atomic E-state index is 11.3. The lowest BCUT2D eigenvalue weighted by Gasteiger charge is -2.01. The molecule has 0 unspecified atom stereocenters. The fourth-order valence-electron chi connectivity index (χ4n) is 1.88. The van der Waals surface area contributed by atoms with Gasteiger partial charge in [-0.2, -0.15) is 0 Å². The van der Waals surface area contributed by atoms with E-state index in [9.17, 15) is 4.79 Å². The molecule has 0 aliphatic heterocycles. The van der Waals surface area contributed by atoms with Gasteiger partial charge in [-0.15, -0.1) is 0 Å². The molecule has 1 aromatic heterocycles. The quantitative estimate of drug-likeness (QED) is 0.551. The number of anilines is 1. The topological polar surface area (TPSA) is 55.1 Å². The number of aromatic nitrogens is 1. The van der Waals surface area contributed by atoms with Gasteiger partial charge in [-0.05, 0) is 42.5 Å². The second-order valence-corrected chi connectivity index (χ2v) is 5.37. The zero-order valence-corrected chi connectivity index (χ0v) is 12.7. The van der Waals surface area contributed by atoms with E-state index in [0.717, 1.165) is 5.69 Å². The van der Waals surface area contributed by atoms with Gasteiger partial charge in [-0.1, -0.05) is 23.2 Å². The second-order valence-electron chi connectivity index (χ2n) is 4.50. The zero-order valence-electron chi connectivity index (χ0n) is 11.2. The van der Waals surface area contributed by atoms with Crippen LogP contribution < -0.4 is 5.32 Å². The Balaban J connectivity index is 1.89. The highest BCUT2D eigenvalue weighted by molar-refractivity contribution is 6.31. The van der Waals surface area contributed by atoms with Crippen molar-refractivity contribution in [2.75, 3.05) is 5.32 Å². The molecule has 1 N–H and O–H groups in total. The van der Waals surface area contributed by atoms with Crippen molar-refractivity contribution in [3.63, 3.8) is 0 Å². The number of halogens is 2. The number of nitrogens with zero attached hydrogens (tertiary/aromatic N) is 1. The van der Waals surface area contributed by atoms with Gasteiger partial charge < -0.3 is 9.73 Å². The van der Waals surface area contributed by atoms with Crippen LogP contribution in [0.15, 0.2) is 53.1 Å². The lowest BCUT2D eigenvalue weighted by atomic mass is 10.3. The molecule has 22 heavy (non-hydrogen) atoms. The third-order valence-electron chi connectivity index (χ3n) is 2.96. The van der Waals surface area contributed by atoms with E-state index in [1.807, 2.05) is 0 Å². The molecule has 0 amide bonds. The molecule has 6 heteroatoms. The van der Waals surface area contributed by atoms with Crippen LogP contribution in [0.1, 0.15) is 5.89 Å². The first-order chi connectivity index (χ1) is 10.7. The van der Waals surface area contributed by atoms with Crippen LogP contribution in [-0.4, -0.2) is 11.3 Å². The summed E-state index contributed by atoms with van der Waals surface area (Å²) in [4.78, 5) is 15.5. The number of rotatable bonds is 4. The Labute approximate surface area is 136 Å². The first-order valence-corrected chi connectivity index (χ1v) is 7.15. The molecule has 0 spiro atoms. The summed E-state index contributed by atoms with van der Waals surface area (Å²) in [6.45, 7) is 0. The molecular formula is C16H10Cl2N2O2. The van der Waals surface area contributed by atoms with Gasteiger partial charge >= 0.3 is 0 Å². The first kappa shape index (κ1) is 14.6. The van der Waals surface area contributed by atoms with E-state index in [4.69, 9.17) is 27.6 Å². The number of fused-ring (bicyclic) bond motifs is 1. The van der Waals surface area contributed by atoms with Gasteiger partial charge in [0.2, 0.25) is 5.89 Å². The number of benzene rings is 2. The predicted molar refractivity (Wildman–Crippen MR) is 88.1 cm³/mol. The summed E-state index contributed by atoms with van der Waals surface area (Å²) in [7, 11) is 0. The normalized spacial score (nSPS) is 11.6. The third kappa shape index (κ3) is 3.13. The molecule has 0 bridgehead atoms. The second kappa shape index (κ2) is 6.22. The van der Waals surface area contributed by atoms with Gasteiger partial charge in [-0.25, -0.2) is 4.98 Å². The molecule has 0 saturated heterocycles. The van der Waals surface area contributed by atoms with Crippen molar-refractivity contribution >= 4 is 51.8 Å². The molecule has 0 saturated carbocycles. The van der Waals surface area contributed by atoms with Crippen molar-refractivity contribution < 1.29 is 9.21 Å². The standard InChI is InChI=1S/C16H10Cl2N2O2/c17-11-1-4-13(5-2-11)19-8-10(9-21)16-20-14-7-12(18)3-6-15(14)22-16/h1-9,19H/b10-8-. The largest absolute Gasteiger partial charge is 0.436 e. The maximum absolute atomic E-state index is 11.3. The lowest BCUT2D eigenvalue weighted by molar-refractivity contribution is -0.103. The zero-order chi connectivity index (χ0) is 15.5. The van der Waals surface area contributed by atoms with E-state index in [-0.39, 0.29) is 5.89 Å². The highest BCUT2D eigenvalue weighted by Crippen LogP contribution is 2.23. The Kier molecular flexibility index (Phi) is 4.13. The fraction of sp³-hybridized carbons (Fsp3) is 0. The minimum atomic E-state index is 0.230. The predicted octanol–water partition coefficient (Wildman–Crippen LogP) is 4.79. The number of carbonyl (C=O) groups is 1. The molecular weight excluding hydrogens is 323 g/mol. The first-order valence-electron chi connectivity index (χ1n) is 6.39. The van der Waals surface area contributed by atoms with Crippen LogP contribution in [0.4, 0.5) is 5.69 Å². The summed E-state index contributed by atoms with van der Waals surface area (Å²) >= 11 is 11.7. The SMILES string of the molecule is O=C/C(=C/Nc1ccc(Cl)cc1)c1nc2cc(Cl)ccc2o1. The Bertz CT molecular complexity index is 854. The molecule has 0 atom stereocenters. The smallest absolute Gasteiger partial charge is 0.232 e. The molecule has 110 valence electrons. The van der Waals surface area contributed by atoms with Gasteiger partial charge in [0.05, 0.1) is 5.57 Å². The van der Waals surface area contributed by atoms with Crippen LogP contribution in [0.3, 0.4) is 0 Å². The number of carbonyl (C=O) groups excluding carboxylic acids is 1. The Morgan fingerprint density at radius 3 is 2.55 bits per heavy atom. The molecule has 1 heterocycles. The average molecular weight is 333 g/mol. The summed E-state index contributed by atoms with van der Waals surface area (Å²) in [5, 5.41) is 4.20. The van der Waals surface area contributed by atoms with Crippen LogP contribution in [0.5, 0.6) is 0 Å². The van der Waals surface area contributed by atoms with Crippen molar-refractivity contribution in [1.29, 1.82) is 0 Å². The minimum Gasteiger partial charge on any atom is -0.436 e. The van der Waals surface area contributed by atoms with Crippen molar-refractivity contribution in [2.45, 2.75) is 0 Å². The molecule has 4 nitrogen and oxygen atoms in total. The fourth-order valence-corrected chi connectivity index (χ4v) is 2.17. The number of nitrogens with one attached hydrogen (secondary N) is 1. The van der Waals surface area contributed by atoms with Crippen LogP contribution in [-0.2, 0) is 4.79 Å². The molecule has 2 aromatic carbocycles. The molecule has 0 radical (unpaired) electrons. The summed E-state index contributed by atoms with van der Waals surface area (Å²) in [5.74, 6) is 0.230. The van der Waals surface area contributed by atoms with Crippen molar-refractivity contribution in [3.05, 3.63) is 64.6 Å². The van der Waals surface area contributed by atoms with E-state index >= 15 is 0 Å². The van der Waals surface area contributed by atoms with Crippen molar-refractivity contribution in [2.24, 2.45) is 0 Å². The number of aldehydes is 1. The van der Waals surface area contributed by atoms with Gasteiger partial charge in [0, 0.05) is 21.9 Å². The Morgan fingerprint density at radius 2 is 1.82 bits per heavy atom. The van der Waals surface area contributed by atoms with E-state index in [2.05, 4.69) is 10.3 Å². The number of hydrogen-bond donors (Lipinski definition) is 1. The number of allylic oxidation sites excluding steroid dienone is 1. The van der Waals surface area contributed by atoms with E-state index < -0.39 is 0 Å². The molecule has 0 fully saturated rings. The van der Waals surface area contributed by atoms with Crippen molar-refractivity contribution in [3.8, 4) is 0 Å². The number of hydrogen-bond acceptors (Lipinski definition) is 4. The Morgan fingerprint density at radius 1 is 1.09 bits per heavy atom. The molecule has 3 rings (SSSR count). The van der Waals surface area contributed by atoms with Crippen LogP contribution >= 0.6 is 23.2 Å². The van der Waals surface area contributed by atoms with Crippen molar-refractivity contribution in [1.82, 2.24) is 4.98 Å². The summed E-state index contributed by atoms with van der Waals surface area (Å²) in [6, 6.07) is 12.2. The average Bonchev–Trinajstić information content (AvgIpc) is 2.92. The summed E-state index contributed by atoms with van der Waals surface area (Å²) in [5.41, 5.74) is 2.26. The highest BCUT2D eigenvalue weighted by Gasteiger charge is 2.10. The maximum Gasteiger partial charge on any atom is 0.232 e. The molecule has 3 aromatic rings. The number of oxazole rings is 1. The summed E-state index contributed by atoms with van der Waals surface area (Å²) < 4.78 is 5.55. The third-order valence-corrected chi connectivity index (χ3v) is 3.45. The highest BCUT2D eigenvalue weighted by atomic mass is 35.5. The van der Waals surface area contributed by atoms with E-state index in [0.29, 0.717) is 33.0 Å². The minimum absolute atomic E-state index is 0.230. The summed E-state index contributed by atoms with van der Waals surface area (Å²) in [6.07, 6.45) is 2.21. The monoisotopic (exact) mass is 332 g/mol.